The Bertz CT molecular complexity index is 1150. The molecule has 0 spiro atoms. The van der Waals surface area contributed by atoms with Crippen LogP contribution in [0.3, 0.4) is 0 Å². The topological polar surface area (TPSA) is 67.6 Å². The van der Waals surface area contributed by atoms with Gasteiger partial charge in [-0.2, -0.15) is 0 Å². The van der Waals surface area contributed by atoms with Crippen molar-refractivity contribution in [3.63, 3.8) is 0 Å². The summed E-state index contributed by atoms with van der Waals surface area (Å²) in [6.45, 7) is 4.44. The zero-order valence-corrected chi connectivity index (χ0v) is 17.5. The van der Waals surface area contributed by atoms with E-state index in [1.807, 2.05) is 50.2 Å². The number of aryl methyl sites for hydroxylation is 2. The molecule has 1 aliphatic rings. The number of nitrogens with zero attached hydrogens (tertiary/aromatic N) is 1. The maximum Gasteiger partial charge on any atom is 0.227 e. The van der Waals surface area contributed by atoms with Crippen LogP contribution in [0.1, 0.15) is 28.7 Å². The third-order valence-electron chi connectivity index (χ3n) is 5.60. The maximum absolute atomic E-state index is 13.3. The molecule has 1 aliphatic heterocycles. The number of hydrogen-bond donors (Lipinski definition) is 0. The van der Waals surface area contributed by atoms with Crippen LogP contribution in [-0.2, 0) is 27.6 Å². The molecule has 0 radical (unpaired) electrons. The minimum Gasteiger partial charge on any atom is -0.464 e. The van der Waals surface area contributed by atoms with E-state index >= 15 is 0 Å². The molecule has 29 heavy (non-hydrogen) atoms. The second-order valence-corrected chi connectivity index (χ2v) is 10.2. The van der Waals surface area contributed by atoms with Crippen molar-refractivity contribution in [2.45, 2.75) is 39.3 Å². The molecule has 0 saturated carbocycles. The van der Waals surface area contributed by atoms with Crippen LogP contribution in [0.25, 0.3) is 11.0 Å². The van der Waals surface area contributed by atoms with Crippen LogP contribution in [0, 0.1) is 13.8 Å². The minimum atomic E-state index is -3.09. The molecule has 1 amide bonds. The summed E-state index contributed by atoms with van der Waals surface area (Å²) in [6, 6.07) is 13.5. The van der Waals surface area contributed by atoms with Crippen LogP contribution >= 0.6 is 0 Å². The Morgan fingerprint density at radius 3 is 2.62 bits per heavy atom. The largest absolute Gasteiger partial charge is 0.464 e. The molecule has 4 rings (SSSR count). The summed E-state index contributed by atoms with van der Waals surface area (Å²) in [5.74, 6) is 0.109. The van der Waals surface area contributed by atoms with Gasteiger partial charge in [0.15, 0.2) is 9.84 Å². The predicted octanol–water partition coefficient (Wildman–Crippen LogP) is 3.81. The molecule has 6 heteroatoms. The van der Waals surface area contributed by atoms with E-state index in [0.29, 0.717) is 13.0 Å². The second kappa shape index (κ2) is 7.67. The Morgan fingerprint density at radius 1 is 1.17 bits per heavy atom. The average Bonchev–Trinajstić information content (AvgIpc) is 3.23. The van der Waals surface area contributed by atoms with Gasteiger partial charge in [0.25, 0.3) is 0 Å². The number of fused-ring (bicyclic) bond motifs is 1. The molecule has 5 nitrogen and oxygen atoms in total. The summed E-state index contributed by atoms with van der Waals surface area (Å²) in [5.41, 5.74) is 4.82. The van der Waals surface area contributed by atoms with E-state index in [-0.39, 0.29) is 29.9 Å². The second-order valence-electron chi connectivity index (χ2n) is 7.96. The monoisotopic (exact) mass is 411 g/mol. The molecule has 0 aliphatic carbocycles. The van der Waals surface area contributed by atoms with Crippen molar-refractivity contribution in [3.8, 4) is 0 Å². The third kappa shape index (κ3) is 4.22. The van der Waals surface area contributed by atoms with Crippen molar-refractivity contribution >= 4 is 26.7 Å². The van der Waals surface area contributed by atoms with E-state index in [0.717, 1.165) is 33.2 Å². The normalized spacial score (nSPS) is 18.2. The van der Waals surface area contributed by atoms with Crippen molar-refractivity contribution in [2.75, 3.05) is 11.5 Å². The van der Waals surface area contributed by atoms with Crippen LogP contribution < -0.4 is 0 Å². The summed E-state index contributed by atoms with van der Waals surface area (Å²) < 4.78 is 29.8. The van der Waals surface area contributed by atoms with Gasteiger partial charge in [-0.1, -0.05) is 36.4 Å². The molecular weight excluding hydrogens is 386 g/mol. The fourth-order valence-electron chi connectivity index (χ4n) is 4.24. The fraction of sp³-hybridized carbons (Fsp3) is 0.348. The summed E-state index contributed by atoms with van der Waals surface area (Å²) in [4.78, 5) is 15.1. The standard InChI is InChI=1S/C23H25NO4S/c1-16-10-17(2)23-19(14-28-21(23)11-16)12-22(25)24(13-18-6-4-3-5-7-18)20-8-9-29(26,27)15-20/h3-7,10-11,14,20H,8-9,12-13,15H2,1-2H3. The van der Waals surface area contributed by atoms with Gasteiger partial charge in [-0.05, 0) is 43.0 Å². The van der Waals surface area contributed by atoms with Gasteiger partial charge in [-0.25, -0.2) is 8.42 Å². The van der Waals surface area contributed by atoms with Crippen molar-refractivity contribution in [3.05, 3.63) is 71.0 Å². The van der Waals surface area contributed by atoms with Crippen molar-refractivity contribution in [1.82, 2.24) is 4.90 Å². The number of carbonyl (C=O) groups excluding carboxylic acids is 1. The fourth-order valence-corrected chi connectivity index (χ4v) is 5.97. The smallest absolute Gasteiger partial charge is 0.227 e. The van der Waals surface area contributed by atoms with Gasteiger partial charge in [-0.3, -0.25) is 4.79 Å². The third-order valence-corrected chi connectivity index (χ3v) is 7.35. The number of rotatable bonds is 5. The molecule has 1 fully saturated rings. The van der Waals surface area contributed by atoms with Crippen LogP contribution in [0.4, 0.5) is 0 Å². The zero-order valence-electron chi connectivity index (χ0n) is 16.7. The first-order valence-corrected chi connectivity index (χ1v) is 11.7. The summed E-state index contributed by atoms with van der Waals surface area (Å²) >= 11 is 0. The SMILES string of the molecule is Cc1cc(C)c2c(CC(=O)N(Cc3ccccc3)C3CCS(=O)(=O)C3)coc2c1. The predicted molar refractivity (Wildman–Crippen MR) is 113 cm³/mol. The minimum absolute atomic E-state index is 0.0376. The van der Waals surface area contributed by atoms with E-state index in [9.17, 15) is 13.2 Å². The van der Waals surface area contributed by atoms with Gasteiger partial charge in [0.1, 0.15) is 5.58 Å². The lowest BCUT2D eigenvalue weighted by molar-refractivity contribution is -0.133. The van der Waals surface area contributed by atoms with Gasteiger partial charge in [0.2, 0.25) is 5.91 Å². The molecule has 0 N–H and O–H groups in total. The highest BCUT2D eigenvalue weighted by Gasteiger charge is 2.35. The van der Waals surface area contributed by atoms with Crippen molar-refractivity contribution in [2.24, 2.45) is 0 Å². The number of furan rings is 1. The molecule has 0 bridgehead atoms. The van der Waals surface area contributed by atoms with Gasteiger partial charge in [0, 0.05) is 23.5 Å². The zero-order chi connectivity index (χ0) is 20.6. The van der Waals surface area contributed by atoms with Crippen LogP contribution in [-0.4, -0.2) is 36.8 Å². The quantitative estimate of drug-likeness (QED) is 0.640. The lowest BCUT2D eigenvalue weighted by Gasteiger charge is -2.28. The lowest BCUT2D eigenvalue weighted by atomic mass is 10.0. The van der Waals surface area contributed by atoms with Gasteiger partial charge < -0.3 is 9.32 Å². The van der Waals surface area contributed by atoms with Crippen LogP contribution in [0.15, 0.2) is 53.1 Å². The van der Waals surface area contributed by atoms with Crippen molar-refractivity contribution in [1.29, 1.82) is 0 Å². The first-order valence-electron chi connectivity index (χ1n) is 9.83. The highest BCUT2D eigenvalue weighted by molar-refractivity contribution is 7.91. The average molecular weight is 412 g/mol. The number of carbonyl (C=O) groups is 1. The van der Waals surface area contributed by atoms with Crippen LogP contribution in [0.2, 0.25) is 0 Å². The number of sulfone groups is 1. The number of hydrogen-bond acceptors (Lipinski definition) is 4. The van der Waals surface area contributed by atoms with E-state index in [2.05, 4.69) is 6.07 Å². The summed E-state index contributed by atoms with van der Waals surface area (Å²) in [6.07, 6.45) is 2.34. The molecule has 1 atom stereocenters. The molecular formula is C23H25NO4S. The van der Waals surface area contributed by atoms with E-state index < -0.39 is 9.84 Å². The van der Waals surface area contributed by atoms with Crippen molar-refractivity contribution < 1.29 is 17.6 Å². The molecule has 2 heterocycles. The van der Waals surface area contributed by atoms with Crippen LogP contribution in [0.5, 0.6) is 0 Å². The first-order chi connectivity index (χ1) is 13.8. The molecule has 1 aromatic heterocycles. The Balaban J connectivity index is 1.63. The van der Waals surface area contributed by atoms with Gasteiger partial charge >= 0.3 is 0 Å². The summed E-state index contributed by atoms with van der Waals surface area (Å²) in [5, 5.41) is 0.975. The lowest BCUT2D eigenvalue weighted by Crippen LogP contribution is -2.41. The van der Waals surface area contributed by atoms with E-state index in [1.54, 1.807) is 11.2 Å². The maximum atomic E-state index is 13.3. The first kappa shape index (κ1) is 19.7. The van der Waals surface area contributed by atoms with E-state index in [1.165, 1.54) is 0 Å². The highest BCUT2D eigenvalue weighted by Crippen LogP contribution is 2.28. The summed E-state index contributed by atoms with van der Waals surface area (Å²) in [7, 11) is -3.09. The molecule has 3 aromatic rings. The van der Waals surface area contributed by atoms with E-state index in [4.69, 9.17) is 4.42 Å². The van der Waals surface area contributed by atoms with Gasteiger partial charge in [-0.15, -0.1) is 0 Å². The number of amides is 1. The number of benzene rings is 2. The molecule has 1 unspecified atom stereocenters. The molecule has 1 saturated heterocycles. The Morgan fingerprint density at radius 2 is 1.93 bits per heavy atom. The Kier molecular flexibility index (Phi) is 5.21. The Labute approximate surface area is 171 Å². The van der Waals surface area contributed by atoms with Gasteiger partial charge in [0.05, 0.1) is 24.2 Å². The highest BCUT2D eigenvalue weighted by atomic mass is 32.2. The molecule has 2 aromatic carbocycles. The molecule has 152 valence electrons. The Hall–Kier alpha value is -2.60.